The fourth-order valence-electron chi connectivity index (χ4n) is 4.70. The van der Waals surface area contributed by atoms with Crippen LogP contribution in [0.4, 0.5) is 5.69 Å². The summed E-state index contributed by atoms with van der Waals surface area (Å²) < 4.78 is 13.6. The highest BCUT2D eigenvalue weighted by Crippen LogP contribution is 2.39. The minimum absolute atomic E-state index is 0.0406. The first-order valence-corrected chi connectivity index (χ1v) is 11.8. The lowest BCUT2D eigenvalue weighted by Gasteiger charge is -2.35. The van der Waals surface area contributed by atoms with E-state index in [-0.39, 0.29) is 24.5 Å². The van der Waals surface area contributed by atoms with Gasteiger partial charge in [-0.15, -0.1) is 10.2 Å². The van der Waals surface area contributed by atoms with E-state index in [1.807, 2.05) is 41.2 Å². The summed E-state index contributed by atoms with van der Waals surface area (Å²) >= 11 is 0. The van der Waals surface area contributed by atoms with Crippen molar-refractivity contribution in [3.8, 4) is 5.75 Å². The van der Waals surface area contributed by atoms with Gasteiger partial charge in [0, 0.05) is 36.4 Å². The second-order valence-corrected chi connectivity index (χ2v) is 9.20. The van der Waals surface area contributed by atoms with Crippen molar-refractivity contribution in [1.82, 2.24) is 20.2 Å². The van der Waals surface area contributed by atoms with Gasteiger partial charge in [-0.3, -0.25) is 9.79 Å². The van der Waals surface area contributed by atoms with Crippen molar-refractivity contribution >= 4 is 23.9 Å². The Kier molecular flexibility index (Phi) is 6.02. The fraction of sp³-hybridized carbons (Fsp3) is 0.385. The van der Waals surface area contributed by atoms with E-state index < -0.39 is 5.54 Å². The van der Waals surface area contributed by atoms with Gasteiger partial charge in [-0.25, -0.2) is 4.68 Å². The second kappa shape index (κ2) is 9.14. The zero-order valence-corrected chi connectivity index (χ0v) is 20.4. The Balaban J connectivity index is 1.35. The highest BCUT2D eigenvalue weighted by Gasteiger charge is 2.33. The lowest BCUT2D eigenvalue weighted by molar-refractivity contribution is -0.117. The summed E-state index contributed by atoms with van der Waals surface area (Å²) in [6.07, 6.45) is 11.4. The van der Waals surface area contributed by atoms with Crippen LogP contribution in [0.2, 0.25) is 0 Å². The van der Waals surface area contributed by atoms with Crippen molar-refractivity contribution in [1.29, 1.82) is 0 Å². The normalized spacial score (nSPS) is 24.6. The molecular weight excluding hydrogens is 444 g/mol. The van der Waals surface area contributed by atoms with Crippen LogP contribution in [0.15, 0.2) is 52.6 Å². The summed E-state index contributed by atoms with van der Waals surface area (Å²) in [6, 6.07) is 5.86. The molecule has 5 rings (SSSR count). The van der Waals surface area contributed by atoms with E-state index in [9.17, 15) is 4.79 Å². The number of ether oxygens (including phenoxy) is 2. The monoisotopic (exact) mass is 474 g/mol. The number of amides is 1. The number of hydrogen-bond acceptors (Lipinski definition) is 7. The van der Waals surface area contributed by atoms with Crippen LogP contribution < -0.4 is 15.5 Å². The van der Waals surface area contributed by atoms with Gasteiger partial charge >= 0.3 is 0 Å². The maximum atomic E-state index is 12.2. The largest absolute Gasteiger partial charge is 0.497 e. The fourth-order valence-corrected chi connectivity index (χ4v) is 4.70. The van der Waals surface area contributed by atoms with Crippen LogP contribution in [0.5, 0.6) is 5.75 Å². The molecule has 2 N–H and O–H groups in total. The molecule has 9 nitrogen and oxygen atoms in total. The number of nitrogens with zero attached hydrogens (tertiary/aromatic N) is 4. The third kappa shape index (κ3) is 4.27. The average Bonchev–Trinajstić information content (AvgIpc) is 3.29. The Labute approximate surface area is 204 Å². The molecule has 1 aromatic carbocycles. The van der Waals surface area contributed by atoms with Gasteiger partial charge in [0.2, 0.25) is 5.91 Å². The van der Waals surface area contributed by atoms with Gasteiger partial charge in [-0.2, -0.15) is 0 Å². The number of aromatic nitrogens is 3. The molecule has 35 heavy (non-hydrogen) atoms. The molecule has 2 aliphatic heterocycles. The topological polar surface area (TPSA) is 103 Å². The molecule has 3 atom stereocenters. The molecule has 1 aromatic heterocycles. The Morgan fingerprint density at radius 1 is 1.34 bits per heavy atom. The van der Waals surface area contributed by atoms with Gasteiger partial charge in [-0.05, 0) is 49.6 Å². The molecule has 9 heteroatoms. The van der Waals surface area contributed by atoms with Crippen LogP contribution in [-0.4, -0.2) is 46.7 Å². The summed E-state index contributed by atoms with van der Waals surface area (Å²) in [5.41, 5.74) is 6.71. The highest BCUT2D eigenvalue weighted by molar-refractivity contribution is 5.94. The molecule has 1 aliphatic carbocycles. The number of fused-ring (bicyclic) bond motifs is 2. The third-order valence-corrected chi connectivity index (χ3v) is 6.75. The number of allylic oxidation sites excluding steroid dienone is 1. The van der Waals surface area contributed by atoms with Crippen molar-refractivity contribution in [3.63, 3.8) is 0 Å². The van der Waals surface area contributed by atoms with Crippen LogP contribution in [0, 0.1) is 5.92 Å². The number of rotatable bonds is 6. The summed E-state index contributed by atoms with van der Waals surface area (Å²) in [7, 11) is 3.30. The quantitative estimate of drug-likeness (QED) is 0.663. The number of carbonyl (C=O) groups is 1. The number of nitrogens with one attached hydrogen (secondary N) is 2. The first-order valence-electron chi connectivity index (χ1n) is 11.8. The molecule has 3 aliphatic rings. The Hall–Kier alpha value is -3.72. The predicted octanol–water partition coefficient (Wildman–Crippen LogP) is 3.62. The number of likely N-dealkylation sites (N-methyl/N-ethyl adjacent to an activating group) is 1. The number of methoxy groups -OCH3 is 1. The molecular formula is C26H30N6O3. The molecule has 0 saturated heterocycles. The van der Waals surface area contributed by atoms with Gasteiger partial charge < -0.3 is 20.2 Å². The van der Waals surface area contributed by atoms with Crippen molar-refractivity contribution < 1.29 is 14.3 Å². The summed E-state index contributed by atoms with van der Waals surface area (Å²) in [5, 5.41) is 11.4. The van der Waals surface area contributed by atoms with Crippen LogP contribution in [0.25, 0.3) is 6.08 Å². The zero-order valence-electron chi connectivity index (χ0n) is 20.4. The molecule has 1 amide bonds. The van der Waals surface area contributed by atoms with Crippen LogP contribution in [-0.2, 0) is 16.1 Å². The molecule has 3 unspecified atom stereocenters. The van der Waals surface area contributed by atoms with Crippen LogP contribution in [0.3, 0.4) is 0 Å². The predicted molar refractivity (Wildman–Crippen MR) is 134 cm³/mol. The molecule has 0 saturated carbocycles. The van der Waals surface area contributed by atoms with Crippen LogP contribution >= 0.6 is 0 Å². The maximum absolute atomic E-state index is 12.2. The number of benzene rings is 1. The average molecular weight is 475 g/mol. The summed E-state index contributed by atoms with van der Waals surface area (Å²) in [6.45, 7) is 4.44. The maximum Gasteiger partial charge on any atom is 0.246 e. The van der Waals surface area contributed by atoms with E-state index in [1.165, 1.54) is 0 Å². The van der Waals surface area contributed by atoms with Crippen molar-refractivity contribution in [3.05, 3.63) is 64.8 Å². The standard InChI is InChI=1S/C26H30N6O3/c1-16-14-28-21-13-19(34-4)8-9-20(21)24(16)35-15-23-30-29-22-10-11-26(2,31-32(22)23)18-7-5-6-17(12-18)25(33)27-3/h7-14,16,24,31H,5-6,15H2,1-4H3,(H,27,33). The molecule has 0 fully saturated rings. The van der Waals surface area contributed by atoms with Crippen LogP contribution in [0.1, 0.15) is 50.0 Å². The van der Waals surface area contributed by atoms with Gasteiger partial charge in [0.05, 0.1) is 24.4 Å². The Morgan fingerprint density at radius 2 is 2.20 bits per heavy atom. The van der Waals surface area contributed by atoms with Crippen molar-refractivity contribution in [2.24, 2.45) is 10.9 Å². The minimum atomic E-state index is -0.516. The molecule has 3 heterocycles. The molecule has 0 radical (unpaired) electrons. The van der Waals surface area contributed by atoms with E-state index in [2.05, 4.69) is 51.9 Å². The Bertz CT molecular complexity index is 1270. The van der Waals surface area contributed by atoms with Crippen molar-refractivity contribution in [2.45, 2.75) is 44.9 Å². The summed E-state index contributed by atoms with van der Waals surface area (Å²) in [5.74, 6) is 2.21. The molecule has 2 aromatic rings. The van der Waals surface area contributed by atoms with E-state index in [0.717, 1.165) is 41.0 Å². The van der Waals surface area contributed by atoms with E-state index in [1.54, 1.807) is 14.2 Å². The van der Waals surface area contributed by atoms with Gasteiger partial charge in [-0.1, -0.05) is 19.1 Å². The van der Waals surface area contributed by atoms with Crippen molar-refractivity contribution in [2.75, 3.05) is 19.6 Å². The number of hydrogen-bond donors (Lipinski definition) is 2. The van der Waals surface area contributed by atoms with E-state index >= 15 is 0 Å². The molecule has 0 bridgehead atoms. The minimum Gasteiger partial charge on any atom is -0.497 e. The lowest BCUT2D eigenvalue weighted by atomic mass is 9.85. The molecule has 0 spiro atoms. The smallest absolute Gasteiger partial charge is 0.246 e. The zero-order chi connectivity index (χ0) is 24.6. The van der Waals surface area contributed by atoms with Gasteiger partial charge in [0.25, 0.3) is 0 Å². The number of carbonyl (C=O) groups excluding carboxylic acids is 1. The SMILES string of the molecule is CNC(=O)C1=CC(C2(C)C=Cc3nnc(COC4c5ccc(OC)cc5N=CC4C)n3N2)=CCC1. The second-order valence-electron chi connectivity index (χ2n) is 9.20. The number of aliphatic imine (C=N–C) groups is 1. The lowest BCUT2D eigenvalue weighted by Crippen LogP contribution is -2.44. The summed E-state index contributed by atoms with van der Waals surface area (Å²) in [4.78, 5) is 16.8. The van der Waals surface area contributed by atoms with E-state index in [4.69, 9.17) is 9.47 Å². The first kappa shape index (κ1) is 23.0. The Morgan fingerprint density at radius 3 is 3.00 bits per heavy atom. The highest BCUT2D eigenvalue weighted by atomic mass is 16.5. The third-order valence-electron chi connectivity index (χ3n) is 6.75. The molecule has 182 valence electrons. The van der Waals surface area contributed by atoms with Gasteiger partial charge in [0.15, 0.2) is 11.6 Å². The van der Waals surface area contributed by atoms with E-state index in [0.29, 0.717) is 11.6 Å². The first-order chi connectivity index (χ1) is 16.9. The van der Waals surface area contributed by atoms with Gasteiger partial charge in [0.1, 0.15) is 12.4 Å².